The van der Waals surface area contributed by atoms with Gasteiger partial charge in [0, 0.05) is 27.2 Å². The molecular formula is C26H15Cl3N4O3S. The van der Waals surface area contributed by atoms with Gasteiger partial charge in [-0.2, -0.15) is 0 Å². The van der Waals surface area contributed by atoms with Crippen molar-refractivity contribution in [3.05, 3.63) is 105 Å². The highest BCUT2D eigenvalue weighted by Crippen LogP contribution is 2.34. The third-order valence-corrected chi connectivity index (χ3v) is 7.06. The first kappa shape index (κ1) is 25.0. The lowest BCUT2D eigenvalue weighted by atomic mass is 10.2. The quantitative estimate of drug-likeness (QED) is 0.249. The first-order chi connectivity index (χ1) is 17.8. The van der Waals surface area contributed by atoms with Gasteiger partial charge in [0.2, 0.25) is 0 Å². The van der Waals surface area contributed by atoms with Crippen LogP contribution in [0.4, 0.5) is 16.5 Å². The fourth-order valence-electron chi connectivity index (χ4n) is 3.60. The first-order valence-electron chi connectivity index (χ1n) is 10.7. The lowest BCUT2D eigenvalue weighted by molar-refractivity contribution is -0.120. The van der Waals surface area contributed by atoms with Crippen LogP contribution in [0.3, 0.4) is 0 Å². The van der Waals surface area contributed by atoms with Crippen molar-refractivity contribution < 1.29 is 14.4 Å². The Balaban J connectivity index is 1.31. The second kappa shape index (κ2) is 10.4. The van der Waals surface area contributed by atoms with E-state index in [1.807, 2.05) is 17.5 Å². The van der Waals surface area contributed by atoms with Crippen LogP contribution in [0.1, 0.15) is 10.4 Å². The summed E-state index contributed by atoms with van der Waals surface area (Å²) in [5.74, 6) is -1.75. The minimum absolute atomic E-state index is 0.114. The van der Waals surface area contributed by atoms with Crippen LogP contribution in [0.15, 0.2) is 88.9 Å². The second-order valence-electron chi connectivity index (χ2n) is 7.79. The molecule has 1 aromatic heterocycles. The molecule has 0 bridgehead atoms. The lowest BCUT2D eigenvalue weighted by Crippen LogP contribution is -2.32. The molecule has 37 heavy (non-hydrogen) atoms. The van der Waals surface area contributed by atoms with E-state index in [9.17, 15) is 14.4 Å². The Morgan fingerprint density at radius 1 is 0.892 bits per heavy atom. The van der Waals surface area contributed by atoms with Crippen LogP contribution >= 0.6 is 46.1 Å². The van der Waals surface area contributed by atoms with E-state index in [2.05, 4.69) is 15.6 Å². The van der Waals surface area contributed by atoms with Gasteiger partial charge in [-0.3, -0.25) is 19.7 Å². The van der Waals surface area contributed by atoms with Gasteiger partial charge in [0.1, 0.15) is 10.7 Å². The molecule has 2 N–H and O–H groups in total. The number of amides is 3. The van der Waals surface area contributed by atoms with E-state index in [0.717, 1.165) is 10.5 Å². The van der Waals surface area contributed by atoms with E-state index < -0.39 is 17.7 Å². The van der Waals surface area contributed by atoms with Crippen molar-refractivity contribution in [1.29, 1.82) is 0 Å². The van der Waals surface area contributed by atoms with Crippen LogP contribution < -0.4 is 15.5 Å². The van der Waals surface area contributed by atoms with Crippen LogP contribution in [0.25, 0.3) is 11.3 Å². The van der Waals surface area contributed by atoms with Crippen molar-refractivity contribution in [3.8, 4) is 11.3 Å². The van der Waals surface area contributed by atoms with Gasteiger partial charge in [0.25, 0.3) is 17.7 Å². The molecule has 5 rings (SSSR count). The maximum atomic E-state index is 13.0. The van der Waals surface area contributed by atoms with Crippen LogP contribution in [-0.4, -0.2) is 22.7 Å². The van der Waals surface area contributed by atoms with E-state index in [4.69, 9.17) is 34.8 Å². The molecule has 11 heteroatoms. The van der Waals surface area contributed by atoms with Crippen molar-refractivity contribution in [2.24, 2.45) is 0 Å². The van der Waals surface area contributed by atoms with E-state index in [-0.39, 0.29) is 21.4 Å². The summed E-state index contributed by atoms with van der Waals surface area (Å²) < 4.78 is 0. The van der Waals surface area contributed by atoms with Gasteiger partial charge in [-0.15, -0.1) is 11.3 Å². The van der Waals surface area contributed by atoms with Gasteiger partial charge in [0.15, 0.2) is 5.13 Å². The number of halogens is 3. The number of anilines is 3. The lowest BCUT2D eigenvalue weighted by Gasteiger charge is -2.16. The zero-order valence-electron chi connectivity index (χ0n) is 18.7. The molecule has 0 fully saturated rings. The summed E-state index contributed by atoms with van der Waals surface area (Å²) in [5, 5.41) is 8.47. The fraction of sp³-hybridized carbons (Fsp3) is 0. The average Bonchev–Trinajstić information content (AvgIpc) is 3.44. The number of imide groups is 1. The highest BCUT2D eigenvalue weighted by molar-refractivity contribution is 7.14. The summed E-state index contributed by atoms with van der Waals surface area (Å²) in [4.78, 5) is 44.0. The third-order valence-electron chi connectivity index (χ3n) is 5.38. The van der Waals surface area contributed by atoms with Crippen LogP contribution in [0.5, 0.6) is 0 Å². The molecule has 2 heterocycles. The molecule has 0 unspecified atom stereocenters. The number of para-hydroxylation sites is 1. The van der Waals surface area contributed by atoms with Crippen molar-refractivity contribution in [1.82, 2.24) is 4.98 Å². The van der Waals surface area contributed by atoms with Gasteiger partial charge in [-0.1, -0.05) is 65.1 Å². The molecule has 7 nitrogen and oxygen atoms in total. The zero-order valence-corrected chi connectivity index (χ0v) is 21.8. The summed E-state index contributed by atoms with van der Waals surface area (Å²) >= 11 is 19.6. The van der Waals surface area contributed by atoms with E-state index in [1.54, 1.807) is 54.6 Å². The monoisotopic (exact) mass is 568 g/mol. The maximum Gasteiger partial charge on any atom is 0.283 e. The normalized spacial score (nSPS) is 13.3. The highest BCUT2D eigenvalue weighted by atomic mass is 35.5. The molecule has 1 aliphatic heterocycles. The van der Waals surface area contributed by atoms with Crippen molar-refractivity contribution in [2.75, 3.05) is 15.5 Å². The summed E-state index contributed by atoms with van der Waals surface area (Å²) in [6.45, 7) is 0. The highest BCUT2D eigenvalue weighted by Gasteiger charge is 2.39. The Labute approximate surface area is 230 Å². The molecule has 0 saturated heterocycles. The van der Waals surface area contributed by atoms with Crippen molar-refractivity contribution >= 4 is 80.4 Å². The van der Waals surface area contributed by atoms with E-state index in [0.29, 0.717) is 27.1 Å². The molecule has 0 spiro atoms. The summed E-state index contributed by atoms with van der Waals surface area (Å²) in [7, 11) is 0. The van der Waals surface area contributed by atoms with Crippen LogP contribution in [0, 0.1) is 0 Å². The number of carbonyl (C=O) groups is 3. The number of nitrogens with zero attached hydrogens (tertiary/aromatic N) is 2. The number of benzene rings is 3. The van der Waals surface area contributed by atoms with Gasteiger partial charge in [-0.25, -0.2) is 9.88 Å². The maximum absolute atomic E-state index is 13.0. The van der Waals surface area contributed by atoms with Gasteiger partial charge in [-0.05, 0) is 42.5 Å². The average molecular weight is 570 g/mol. The standard InChI is InChI=1S/C26H15Cl3N4O3S/c27-16-10-8-14(9-11-16)19-13-37-26(31-19)32-23(34)15-4-3-5-17(12-15)30-22-21(29)24(35)33(25(22)36)20-7-2-1-6-18(20)28/h1-13,30H,(H,31,32,34). The molecule has 3 amide bonds. The van der Waals surface area contributed by atoms with E-state index >= 15 is 0 Å². The number of rotatable bonds is 6. The molecule has 0 saturated carbocycles. The van der Waals surface area contributed by atoms with E-state index in [1.165, 1.54) is 17.4 Å². The number of aromatic nitrogens is 1. The topological polar surface area (TPSA) is 91.4 Å². The van der Waals surface area contributed by atoms with Gasteiger partial charge >= 0.3 is 0 Å². The smallest absolute Gasteiger partial charge is 0.283 e. The van der Waals surface area contributed by atoms with Crippen LogP contribution in [-0.2, 0) is 9.59 Å². The Kier molecular flexibility index (Phi) is 6.99. The van der Waals surface area contributed by atoms with Gasteiger partial charge < -0.3 is 5.32 Å². The van der Waals surface area contributed by atoms with Crippen molar-refractivity contribution in [2.45, 2.75) is 0 Å². The summed E-state index contributed by atoms with van der Waals surface area (Å²) in [6.07, 6.45) is 0. The molecular weight excluding hydrogens is 555 g/mol. The number of thiazole rings is 1. The van der Waals surface area contributed by atoms with Crippen LogP contribution in [0.2, 0.25) is 10.0 Å². The zero-order chi connectivity index (χ0) is 26.1. The predicted molar refractivity (Wildman–Crippen MR) is 147 cm³/mol. The SMILES string of the molecule is O=C(Nc1nc(-c2ccc(Cl)cc2)cs1)c1cccc(NC2=C(Cl)C(=O)N(c3ccccc3Cl)C2=O)c1. The molecule has 0 radical (unpaired) electrons. The summed E-state index contributed by atoms with van der Waals surface area (Å²) in [5.41, 5.74) is 2.40. The number of hydrogen-bond acceptors (Lipinski definition) is 6. The van der Waals surface area contributed by atoms with Gasteiger partial charge in [0.05, 0.1) is 16.4 Å². The third kappa shape index (κ3) is 5.10. The molecule has 184 valence electrons. The molecule has 3 aromatic carbocycles. The number of nitrogens with one attached hydrogen (secondary N) is 2. The minimum Gasteiger partial charge on any atom is -0.350 e. The first-order valence-corrected chi connectivity index (χ1v) is 12.8. The summed E-state index contributed by atoms with van der Waals surface area (Å²) in [6, 6.07) is 20.1. The minimum atomic E-state index is -0.698. The predicted octanol–water partition coefficient (Wildman–Crippen LogP) is 6.80. The number of carbonyl (C=O) groups excluding carboxylic acids is 3. The Hall–Kier alpha value is -3.69. The number of hydrogen-bond donors (Lipinski definition) is 2. The van der Waals surface area contributed by atoms with Crippen molar-refractivity contribution in [3.63, 3.8) is 0 Å². The molecule has 0 atom stereocenters. The Bertz CT molecular complexity index is 1580. The molecule has 0 aliphatic carbocycles. The Morgan fingerprint density at radius 3 is 2.41 bits per heavy atom. The fourth-order valence-corrected chi connectivity index (χ4v) is 4.87. The molecule has 4 aromatic rings. The largest absolute Gasteiger partial charge is 0.350 e. The second-order valence-corrected chi connectivity index (χ2v) is 9.87. The molecule has 1 aliphatic rings. The Morgan fingerprint density at radius 2 is 1.65 bits per heavy atom.